The summed E-state index contributed by atoms with van der Waals surface area (Å²) in [5, 5.41) is 7.50. The van der Waals surface area contributed by atoms with Gasteiger partial charge in [0.2, 0.25) is 0 Å². The van der Waals surface area contributed by atoms with E-state index in [0.717, 1.165) is 39.9 Å². The third kappa shape index (κ3) is 2.10. The van der Waals surface area contributed by atoms with Gasteiger partial charge in [-0.2, -0.15) is 0 Å². The van der Waals surface area contributed by atoms with E-state index in [4.69, 9.17) is 10.7 Å². The monoisotopic (exact) mass is 316 g/mol. The number of fused-ring (bicyclic) bond motifs is 1. The highest BCUT2D eigenvalue weighted by Crippen LogP contribution is 2.42. The van der Waals surface area contributed by atoms with Crippen LogP contribution in [0.15, 0.2) is 17.5 Å². The van der Waals surface area contributed by atoms with Crippen molar-refractivity contribution in [2.45, 2.75) is 25.7 Å². The number of aromatic nitrogens is 3. The van der Waals surface area contributed by atoms with Crippen molar-refractivity contribution < 1.29 is 0 Å². The molecule has 0 saturated carbocycles. The van der Waals surface area contributed by atoms with Gasteiger partial charge in [-0.25, -0.2) is 9.67 Å². The van der Waals surface area contributed by atoms with Crippen molar-refractivity contribution in [3.8, 4) is 22.1 Å². The zero-order chi connectivity index (χ0) is 14.4. The van der Waals surface area contributed by atoms with E-state index in [9.17, 15) is 0 Å². The van der Waals surface area contributed by atoms with Crippen molar-refractivity contribution >= 4 is 27.7 Å². The highest BCUT2D eigenvalue weighted by molar-refractivity contribution is 7.16. The zero-order valence-electron chi connectivity index (χ0n) is 11.8. The highest BCUT2D eigenvalue weighted by atomic mass is 32.1. The fourth-order valence-corrected chi connectivity index (χ4v) is 4.75. The Bertz CT molecular complexity index is 783. The lowest BCUT2D eigenvalue weighted by atomic mass is 9.95. The zero-order valence-corrected chi connectivity index (χ0v) is 13.4. The minimum Gasteiger partial charge on any atom is -0.390 e. The summed E-state index contributed by atoms with van der Waals surface area (Å²) in [7, 11) is 1.95. The van der Waals surface area contributed by atoms with Crippen LogP contribution in [0.3, 0.4) is 0 Å². The molecule has 0 spiro atoms. The molecule has 0 fully saturated rings. The minimum absolute atomic E-state index is 0.789. The van der Waals surface area contributed by atoms with E-state index < -0.39 is 0 Å². The average Bonchev–Trinajstić information content (AvgIpc) is 3.16. The van der Waals surface area contributed by atoms with Crippen molar-refractivity contribution in [3.63, 3.8) is 0 Å². The van der Waals surface area contributed by atoms with Crippen molar-refractivity contribution in [1.82, 2.24) is 14.8 Å². The highest BCUT2D eigenvalue weighted by Gasteiger charge is 2.24. The molecule has 0 unspecified atom stereocenters. The van der Waals surface area contributed by atoms with Gasteiger partial charge in [0, 0.05) is 11.9 Å². The van der Waals surface area contributed by atoms with Crippen LogP contribution >= 0.6 is 22.7 Å². The van der Waals surface area contributed by atoms with Crippen LogP contribution in [0.4, 0.5) is 5.00 Å². The molecule has 0 bridgehead atoms. The minimum atomic E-state index is 0.789. The first kappa shape index (κ1) is 13.0. The Hall–Kier alpha value is -1.66. The molecule has 1 aliphatic carbocycles. The number of thiophene rings is 2. The van der Waals surface area contributed by atoms with E-state index in [1.807, 2.05) is 23.2 Å². The number of hydrogen-bond donors (Lipinski definition) is 1. The van der Waals surface area contributed by atoms with E-state index in [1.165, 1.54) is 23.3 Å². The van der Waals surface area contributed by atoms with Crippen molar-refractivity contribution in [2.75, 3.05) is 5.73 Å². The fourth-order valence-electron chi connectivity index (χ4n) is 2.94. The summed E-state index contributed by atoms with van der Waals surface area (Å²) in [6.45, 7) is 0. The Morgan fingerprint density at radius 1 is 1.29 bits per heavy atom. The second-order valence-electron chi connectivity index (χ2n) is 5.31. The van der Waals surface area contributed by atoms with E-state index in [-0.39, 0.29) is 0 Å². The van der Waals surface area contributed by atoms with E-state index in [2.05, 4.69) is 11.2 Å². The molecule has 0 radical (unpaired) electrons. The van der Waals surface area contributed by atoms with Crippen LogP contribution in [0.1, 0.15) is 23.3 Å². The Morgan fingerprint density at radius 3 is 2.95 bits per heavy atom. The number of nitrogens with two attached hydrogens (primary N) is 1. The first-order chi connectivity index (χ1) is 10.2. The molecule has 0 aromatic carbocycles. The predicted octanol–water partition coefficient (Wildman–Crippen LogP) is 3.73. The molecule has 0 aliphatic heterocycles. The number of nitrogens with zero attached hydrogens (tertiary/aromatic N) is 3. The molecular weight excluding hydrogens is 300 g/mol. The lowest BCUT2D eigenvalue weighted by molar-refractivity contribution is 0.696. The van der Waals surface area contributed by atoms with Crippen LogP contribution in [0.5, 0.6) is 0 Å². The Labute approximate surface area is 131 Å². The normalized spacial score (nSPS) is 14.3. The summed E-state index contributed by atoms with van der Waals surface area (Å²) in [5.74, 6) is 1.69. The van der Waals surface area contributed by atoms with Gasteiger partial charge in [0.15, 0.2) is 11.6 Å². The van der Waals surface area contributed by atoms with E-state index in [1.54, 1.807) is 22.7 Å². The lowest BCUT2D eigenvalue weighted by Gasteiger charge is -2.12. The van der Waals surface area contributed by atoms with Gasteiger partial charge in [0.25, 0.3) is 0 Å². The third-order valence-corrected chi connectivity index (χ3v) is 5.91. The molecule has 3 aromatic heterocycles. The molecule has 6 heteroatoms. The van der Waals surface area contributed by atoms with Gasteiger partial charge < -0.3 is 5.73 Å². The van der Waals surface area contributed by atoms with Crippen molar-refractivity contribution in [1.29, 1.82) is 0 Å². The number of nitrogen functional groups attached to an aromatic ring is 1. The Morgan fingerprint density at radius 2 is 2.14 bits per heavy atom. The van der Waals surface area contributed by atoms with Crippen molar-refractivity contribution in [2.24, 2.45) is 7.05 Å². The maximum absolute atomic E-state index is 6.29. The van der Waals surface area contributed by atoms with Crippen LogP contribution < -0.4 is 5.73 Å². The number of anilines is 1. The second kappa shape index (κ2) is 4.96. The summed E-state index contributed by atoms with van der Waals surface area (Å²) in [6.07, 6.45) is 4.77. The fraction of sp³-hybridized carbons (Fsp3) is 0.333. The van der Waals surface area contributed by atoms with Crippen LogP contribution in [-0.2, 0) is 19.9 Å². The standard InChI is InChI=1S/C15H16N4S2/c1-19-15(17-14(18-19)11-7-4-8-20-11)12-9-5-2-3-6-10(9)21-13(12)16/h4,7-8H,2-3,5-6,16H2,1H3. The first-order valence-electron chi connectivity index (χ1n) is 7.09. The number of hydrogen-bond acceptors (Lipinski definition) is 5. The maximum atomic E-state index is 6.29. The van der Waals surface area contributed by atoms with Crippen LogP contribution in [-0.4, -0.2) is 14.8 Å². The molecule has 4 rings (SSSR count). The SMILES string of the molecule is Cn1nc(-c2cccs2)nc1-c1c(N)sc2c1CCCC2. The Balaban J connectivity index is 1.86. The molecule has 3 heterocycles. The van der Waals surface area contributed by atoms with Gasteiger partial charge in [-0.3, -0.25) is 0 Å². The molecule has 3 aromatic rings. The Kier molecular flexibility index (Phi) is 3.08. The summed E-state index contributed by atoms with van der Waals surface area (Å²) < 4.78 is 1.86. The third-order valence-electron chi connectivity index (χ3n) is 3.93. The van der Waals surface area contributed by atoms with Crippen LogP contribution in [0, 0.1) is 0 Å². The molecule has 1 aliphatic rings. The largest absolute Gasteiger partial charge is 0.390 e. The van der Waals surface area contributed by atoms with Gasteiger partial charge in [-0.1, -0.05) is 6.07 Å². The van der Waals surface area contributed by atoms with Gasteiger partial charge in [0.05, 0.1) is 15.4 Å². The van der Waals surface area contributed by atoms with Gasteiger partial charge >= 0.3 is 0 Å². The molecule has 21 heavy (non-hydrogen) atoms. The van der Waals surface area contributed by atoms with E-state index >= 15 is 0 Å². The molecule has 0 saturated heterocycles. The van der Waals surface area contributed by atoms with Gasteiger partial charge in [-0.15, -0.1) is 27.8 Å². The van der Waals surface area contributed by atoms with Gasteiger partial charge in [-0.05, 0) is 42.7 Å². The number of aryl methyl sites for hydroxylation is 2. The maximum Gasteiger partial charge on any atom is 0.191 e. The molecule has 2 N–H and O–H groups in total. The van der Waals surface area contributed by atoms with Crippen LogP contribution in [0.2, 0.25) is 0 Å². The first-order valence-corrected chi connectivity index (χ1v) is 8.79. The summed E-state index contributed by atoms with van der Waals surface area (Å²) in [6, 6.07) is 4.08. The number of rotatable bonds is 2. The second-order valence-corrected chi connectivity index (χ2v) is 7.39. The predicted molar refractivity (Wildman–Crippen MR) is 88.7 cm³/mol. The van der Waals surface area contributed by atoms with E-state index in [0.29, 0.717) is 0 Å². The quantitative estimate of drug-likeness (QED) is 0.783. The topological polar surface area (TPSA) is 56.7 Å². The van der Waals surface area contributed by atoms with Crippen LogP contribution in [0.25, 0.3) is 22.1 Å². The van der Waals surface area contributed by atoms with Gasteiger partial charge in [0.1, 0.15) is 0 Å². The molecule has 4 nitrogen and oxygen atoms in total. The summed E-state index contributed by atoms with van der Waals surface area (Å²) in [5.41, 5.74) is 8.81. The average molecular weight is 316 g/mol. The molecule has 0 atom stereocenters. The summed E-state index contributed by atoms with van der Waals surface area (Å²) >= 11 is 3.39. The molecule has 0 amide bonds. The molecule has 108 valence electrons. The van der Waals surface area contributed by atoms with Crippen molar-refractivity contribution in [3.05, 3.63) is 28.0 Å². The molecular formula is C15H16N4S2. The summed E-state index contributed by atoms with van der Waals surface area (Å²) in [4.78, 5) is 7.29. The lowest BCUT2D eigenvalue weighted by Crippen LogP contribution is -2.02. The smallest absolute Gasteiger partial charge is 0.191 e.